The number of oxazole rings is 1. The molecule has 3 aromatic rings. The quantitative estimate of drug-likeness (QED) is 0.136. The first-order chi connectivity index (χ1) is 29.8. The van der Waals surface area contributed by atoms with E-state index in [0.29, 0.717) is 88.2 Å². The molecule has 4 aliphatic heterocycles. The zero-order valence-corrected chi connectivity index (χ0v) is 35.8. The fourth-order valence-electron chi connectivity index (χ4n) is 9.40. The van der Waals surface area contributed by atoms with Crippen LogP contribution in [0.15, 0.2) is 45.6 Å². The van der Waals surface area contributed by atoms with Crippen LogP contribution in [0.25, 0.3) is 11.1 Å². The smallest absolute Gasteiger partial charge is 0.436 e. The van der Waals surface area contributed by atoms with Crippen LogP contribution in [0.3, 0.4) is 0 Å². The van der Waals surface area contributed by atoms with Gasteiger partial charge in [-0.3, -0.25) is 14.2 Å². The molecule has 2 aromatic carbocycles. The molecule has 1 N–H and O–H groups in total. The Balaban J connectivity index is 0.949. The second-order valence-electron chi connectivity index (χ2n) is 16.6. The number of carbonyl (C=O) groups excluding carboxylic acids is 6. The number of hydrogen-bond donors (Lipinski definition) is 1. The van der Waals surface area contributed by atoms with E-state index < -0.39 is 42.3 Å². The molecule has 4 aliphatic rings. The molecule has 18 nitrogen and oxygen atoms in total. The minimum Gasteiger partial charge on any atom is -0.436 e. The van der Waals surface area contributed by atoms with Crippen LogP contribution in [0.5, 0.6) is 0 Å². The van der Waals surface area contributed by atoms with Crippen molar-refractivity contribution in [2.45, 2.75) is 90.6 Å². The van der Waals surface area contributed by atoms with Gasteiger partial charge in [0.1, 0.15) is 0 Å². The van der Waals surface area contributed by atoms with Crippen LogP contribution in [0.1, 0.15) is 69.1 Å². The first-order valence-electron chi connectivity index (χ1n) is 21.6. The van der Waals surface area contributed by atoms with Gasteiger partial charge in [-0.15, -0.1) is 0 Å². The molecule has 2 atom stereocenters. The van der Waals surface area contributed by atoms with E-state index in [1.165, 1.54) is 16.4 Å². The molecular formula is C44H56N6O12. The molecule has 334 valence electrons. The third kappa shape index (κ3) is 10.00. The number of nitrogens with one attached hydrogen (secondary N) is 1. The first-order valence-corrected chi connectivity index (χ1v) is 21.6. The summed E-state index contributed by atoms with van der Waals surface area (Å²) in [7, 11) is 1.63. The zero-order valence-electron chi connectivity index (χ0n) is 35.8. The van der Waals surface area contributed by atoms with Gasteiger partial charge in [0.2, 0.25) is 6.29 Å². The number of piperidine rings is 3. The lowest BCUT2D eigenvalue weighted by atomic mass is 9.78. The highest BCUT2D eigenvalue weighted by atomic mass is 16.8. The lowest BCUT2D eigenvalue weighted by Crippen LogP contribution is -2.52. The molecule has 0 spiro atoms. The molecule has 18 heteroatoms. The number of aromatic nitrogens is 1. The van der Waals surface area contributed by atoms with Crippen LogP contribution in [0.4, 0.5) is 20.1 Å². The molecular weight excluding hydrogens is 805 g/mol. The normalized spacial score (nSPS) is 18.9. The molecule has 1 unspecified atom stereocenters. The Bertz CT molecular complexity index is 2210. The van der Waals surface area contributed by atoms with Gasteiger partial charge in [0.05, 0.1) is 12.1 Å². The Kier molecular flexibility index (Phi) is 13.7. The van der Waals surface area contributed by atoms with Crippen LogP contribution in [0.2, 0.25) is 0 Å². The Labute approximate surface area is 359 Å². The number of para-hydroxylation sites is 1. The lowest BCUT2D eigenvalue weighted by Gasteiger charge is -2.41. The monoisotopic (exact) mass is 860 g/mol. The van der Waals surface area contributed by atoms with Crippen LogP contribution in [-0.4, -0.2) is 131 Å². The summed E-state index contributed by atoms with van der Waals surface area (Å²) in [5.74, 6) is -2.15. The van der Waals surface area contributed by atoms with Gasteiger partial charge in [0, 0.05) is 77.9 Å². The number of carbonyl (C=O) groups is 6. The fourth-order valence-corrected chi connectivity index (χ4v) is 9.40. The number of hydrogen-bond acceptors (Lipinski definition) is 12. The topological polar surface area (TPSA) is 199 Å². The van der Waals surface area contributed by atoms with Crippen molar-refractivity contribution in [3.8, 4) is 0 Å². The number of fused-ring (bicyclic) bond motifs is 2. The summed E-state index contributed by atoms with van der Waals surface area (Å²) in [4.78, 5) is 97.2. The van der Waals surface area contributed by atoms with Gasteiger partial charge in [-0.25, -0.2) is 24.0 Å². The number of rotatable bonds is 9. The summed E-state index contributed by atoms with van der Waals surface area (Å²) in [5, 5.41) is 3.03. The number of anilines is 1. The van der Waals surface area contributed by atoms with Crippen molar-refractivity contribution >= 4 is 52.9 Å². The SMILES string of the molecule is CCOC(=O)OC(C)OC(=O)C(=O)N1CCC(C2CCN(C(=O)[C@@H](Cc3cc(C)c4c(c3)oc(=O)n4C)OC(=O)N3CCC(N4CCc5ccccc5NC4=O)CC3)CC2)CC1. The number of aryl methyl sites for hydroxylation is 2. The standard InChI is InChI=1S/C44H56N6O12/c1-5-58-44(57)60-28(3)59-40(53)39(52)48-19-12-31(13-20-48)30-10-17-47(18-11-30)38(51)36(26-29-24-27(2)37-35(25-29)61-42(55)46(37)4)62-43(56)49-21-15-33(16-22-49)50-23-14-32-8-6-7-9-34(32)45-41(50)54/h6-9,24-25,28,30-31,33,36H,5,10-23,26H2,1-4H3,(H,45,54)/t28?,36-/m1/s1. The van der Waals surface area contributed by atoms with Gasteiger partial charge in [-0.05, 0) is 99.5 Å². The number of benzene rings is 2. The summed E-state index contributed by atoms with van der Waals surface area (Å²) >= 11 is 0. The Hall–Kier alpha value is -6.07. The average molecular weight is 861 g/mol. The van der Waals surface area contributed by atoms with Crippen molar-refractivity contribution in [3.63, 3.8) is 0 Å². The first kappa shape index (κ1) is 44.0. The predicted molar refractivity (Wildman–Crippen MR) is 223 cm³/mol. The van der Waals surface area contributed by atoms with Gasteiger partial charge in [0.25, 0.3) is 5.91 Å². The summed E-state index contributed by atoms with van der Waals surface area (Å²) in [6.45, 7) is 7.83. The van der Waals surface area contributed by atoms with E-state index in [1.54, 1.807) is 29.8 Å². The maximum absolute atomic E-state index is 14.4. The summed E-state index contributed by atoms with van der Waals surface area (Å²) in [6, 6.07) is 11.2. The zero-order chi connectivity index (χ0) is 44.1. The third-order valence-corrected chi connectivity index (χ3v) is 12.7. The van der Waals surface area contributed by atoms with Crippen molar-refractivity contribution in [1.29, 1.82) is 0 Å². The van der Waals surface area contributed by atoms with E-state index >= 15 is 0 Å². The highest BCUT2D eigenvalue weighted by Gasteiger charge is 2.38. The Morgan fingerprint density at radius 3 is 2.15 bits per heavy atom. The van der Waals surface area contributed by atoms with Gasteiger partial charge < -0.3 is 48.3 Å². The molecule has 5 amide bonds. The number of nitrogens with zero attached hydrogens (tertiary/aromatic N) is 5. The number of esters is 1. The van der Waals surface area contributed by atoms with E-state index in [0.717, 1.165) is 36.1 Å². The van der Waals surface area contributed by atoms with Crippen LogP contribution >= 0.6 is 0 Å². The fraction of sp³-hybridized carbons (Fsp3) is 0.568. The van der Waals surface area contributed by atoms with Gasteiger partial charge in [0.15, 0.2) is 11.7 Å². The van der Waals surface area contributed by atoms with E-state index in [9.17, 15) is 33.6 Å². The molecule has 3 fully saturated rings. The number of likely N-dealkylation sites (tertiary alicyclic amines) is 3. The number of ether oxygens (including phenoxy) is 4. The van der Waals surface area contributed by atoms with Gasteiger partial charge in [-0.1, -0.05) is 24.3 Å². The third-order valence-electron chi connectivity index (χ3n) is 12.7. The second-order valence-corrected chi connectivity index (χ2v) is 16.6. The number of amides is 5. The van der Waals surface area contributed by atoms with E-state index in [-0.39, 0.29) is 42.8 Å². The van der Waals surface area contributed by atoms with Crippen LogP contribution < -0.4 is 11.1 Å². The summed E-state index contributed by atoms with van der Waals surface area (Å²) in [6.07, 6.45) is 0.716. The van der Waals surface area contributed by atoms with Crippen molar-refractivity contribution < 1.29 is 52.1 Å². The maximum Gasteiger partial charge on any atom is 0.511 e. The lowest BCUT2D eigenvalue weighted by molar-refractivity contribution is -0.177. The number of urea groups is 1. The van der Waals surface area contributed by atoms with Crippen molar-refractivity contribution in [2.24, 2.45) is 18.9 Å². The molecule has 0 saturated carbocycles. The summed E-state index contributed by atoms with van der Waals surface area (Å²) in [5.41, 5.74) is 4.40. The van der Waals surface area contributed by atoms with Gasteiger partial charge in [-0.2, -0.15) is 0 Å². The predicted octanol–water partition coefficient (Wildman–Crippen LogP) is 4.58. The van der Waals surface area contributed by atoms with Crippen LogP contribution in [-0.2, 0) is 53.2 Å². The summed E-state index contributed by atoms with van der Waals surface area (Å²) < 4.78 is 27.5. The molecule has 0 aliphatic carbocycles. The van der Waals surface area contributed by atoms with E-state index in [2.05, 4.69) is 10.1 Å². The van der Waals surface area contributed by atoms with Crippen LogP contribution in [0, 0.1) is 18.8 Å². The largest absolute Gasteiger partial charge is 0.511 e. The average Bonchev–Trinajstić information content (AvgIpc) is 3.44. The Morgan fingerprint density at radius 2 is 1.47 bits per heavy atom. The molecule has 3 saturated heterocycles. The van der Waals surface area contributed by atoms with E-state index in [4.69, 9.17) is 18.6 Å². The highest BCUT2D eigenvalue weighted by molar-refractivity contribution is 6.32. The van der Waals surface area contributed by atoms with E-state index in [1.807, 2.05) is 42.2 Å². The Morgan fingerprint density at radius 1 is 0.823 bits per heavy atom. The molecule has 1 aromatic heterocycles. The molecule has 5 heterocycles. The molecule has 62 heavy (non-hydrogen) atoms. The van der Waals surface area contributed by atoms with Gasteiger partial charge >= 0.3 is 35.9 Å². The minimum absolute atomic E-state index is 0.0560. The minimum atomic E-state index is -1.28. The second kappa shape index (κ2) is 19.3. The van der Waals surface area contributed by atoms with Crippen molar-refractivity contribution in [3.05, 3.63) is 63.6 Å². The highest BCUT2D eigenvalue weighted by Crippen LogP contribution is 2.34. The van der Waals surface area contributed by atoms with Crippen molar-refractivity contribution in [2.75, 3.05) is 57.7 Å². The molecule has 0 radical (unpaired) electrons. The molecule has 0 bridgehead atoms. The molecule has 7 rings (SSSR count). The van der Waals surface area contributed by atoms with Crippen molar-refractivity contribution in [1.82, 2.24) is 24.2 Å². The maximum atomic E-state index is 14.4.